The standard InChI is InChI=1S/C22H23F2N3O3S/c1-15(31-17-10-29-21(30-11-17)16-6-3-2-4-7-16)22(28,12-27-14-25-13-26-27)18-8-5-9-19(23)20(18)24/h2-9,13-15,17,21,28H,10-12H2,1H3/t15-,17-,21-,22-/m1/s1. The Morgan fingerprint density at radius 2 is 1.90 bits per heavy atom. The number of thioether (sulfide) groups is 1. The molecule has 2 aromatic carbocycles. The van der Waals surface area contributed by atoms with Crippen molar-refractivity contribution in [2.45, 2.75) is 35.9 Å². The average molecular weight is 448 g/mol. The molecule has 3 aromatic rings. The summed E-state index contributed by atoms with van der Waals surface area (Å²) in [4.78, 5) is 3.88. The van der Waals surface area contributed by atoms with E-state index in [0.29, 0.717) is 13.2 Å². The predicted molar refractivity (Wildman–Crippen MR) is 112 cm³/mol. The average Bonchev–Trinajstić information content (AvgIpc) is 3.29. The van der Waals surface area contributed by atoms with Crippen LogP contribution in [0.4, 0.5) is 8.78 Å². The van der Waals surface area contributed by atoms with Crippen molar-refractivity contribution in [3.05, 3.63) is 83.9 Å². The Kier molecular flexibility index (Phi) is 6.66. The van der Waals surface area contributed by atoms with Gasteiger partial charge in [0.2, 0.25) is 0 Å². The molecule has 1 aliphatic heterocycles. The van der Waals surface area contributed by atoms with Gasteiger partial charge in [-0.15, -0.1) is 11.8 Å². The maximum absolute atomic E-state index is 14.7. The van der Waals surface area contributed by atoms with Crippen LogP contribution in [0, 0.1) is 11.6 Å². The molecule has 164 valence electrons. The number of benzene rings is 2. The van der Waals surface area contributed by atoms with Crippen LogP contribution in [-0.2, 0) is 21.6 Å². The molecule has 0 aliphatic carbocycles. The molecule has 0 radical (unpaired) electrons. The number of nitrogens with zero attached hydrogens (tertiary/aromatic N) is 3. The fraction of sp³-hybridized carbons (Fsp3) is 0.364. The number of hydrogen-bond acceptors (Lipinski definition) is 6. The van der Waals surface area contributed by atoms with E-state index in [0.717, 1.165) is 11.6 Å². The predicted octanol–water partition coefficient (Wildman–Crippen LogP) is 3.68. The lowest BCUT2D eigenvalue weighted by atomic mass is 9.90. The van der Waals surface area contributed by atoms with Gasteiger partial charge in [-0.2, -0.15) is 5.10 Å². The maximum atomic E-state index is 14.7. The van der Waals surface area contributed by atoms with Crippen molar-refractivity contribution < 1.29 is 23.4 Å². The SMILES string of the molecule is C[C@@H](S[C@H]1CO[C@H](c2ccccc2)OC1)[C@](O)(Cn1cncn1)c1cccc(F)c1F. The zero-order valence-corrected chi connectivity index (χ0v) is 17.7. The number of hydrogen-bond donors (Lipinski definition) is 1. The molecule has 0 saturated carbocycles. The lowest BCUT2D eigenvalue weighted by Gasteiger charge is -2.37. The van der Waals surface area contributed by atoms with Gasteiger partial charge >= 0.3 is 0 Å². The fourth-order valence-electron chi connectivity index (χ4n) is 3.60. The third-order valence-corrected chi connectivity index (χ3v) is 6.75. The first-order valence-corrected chi connectivity index (χ1v) is 10.8. The van der Waals surface area contributed by atoms with Crippen LogP contribution in [0.2, 0.25) is 0 Å². The molecule has 31 heavy (non-hydrogen) atoms. The first kappa shape index (κ1) is 21.9. The minimum absolute atomic E-state index is 0.0807. The van der Waals surface area contributed by atoms with Crippen molar-refractivity contribution >= 4 is 11.8 Å². The van der Waals surface area contributed by atoms with Crippen LogP contribution in [0.3, 0.4) is 0 Å². The Labute approximate surface area is 183 Å². The van der Waals surface area contributed by atoms with E-state index in [4.69, 9.17) is 9.47 Å². The van der Waals surface area contributed by atoms with E-state index < -0.39 is 28.8 Å². The Morgan fingerprint density at radius 3 is 2.58 bits per heavy atom. The Morgan fingerprint density at radius 1 is 1.16 bits per heavy atom. The second-order valence-corrected chi connectivity index (χ2v) is 9.07. The highest BCUT2D eigenvalue weighted by Gasteiger charge is 2.41. The number of ether oxygens (including phenoxy) is 2. The van der Waals surface area contributed by atoms with E-state index in [1.165, 1.54) is 41.2 Å². The lowest BCUT2D eigenvalue weighted by Crippen LogP contribution is -2.43. The molecule has 6 nitrogen and oxygen atoms in total. The molecule has 0 bridgehead atoms. The quantitative estimate of drug-likeness (QED) is 0.596. The van der Waals surface area contributed by atoms with Gasteiger partial charge in [-0.3, -0.25) is 0 Å². The second-order valence-electron chi connectivity index (χ2n) is 7.43. The summed E-state index contributed by atoms with van der Waals surface area (Å²) in [7, 11) is 0. The van der Waals surface area contributed by atoms with Crippen LogP contribution in [0.1, 0.15) is 24.3 Å². The van der Waals surface area contributed by atoms with Crippen molar-refractivity contribution in [2.24, 2.45) is 0 Å². The van der Waals surface area contributed by atoms with E-state index in [9.17, 15) is 13.9 Å². The molecule has 2 atom stereocenters. The molecule has 1 N–H and O–H groups in total. The molecule has 2 heterocycles. The molecule has 0 amide bonds. The highest BCUT2D eigenvalue weighted by atomic mass is 32.2. The highest BCUT2D eigenvalue weighted by molar-refractivity contribution is 8.00. The third-order valence-electron chi connectivity index (χ3n) is 5.30. The zero-order valence-electron chi connectivity index (χ0n) is 16.9. The molecule has 0 unspecified atom stereocenters. The van der Waals surface area contributed by atoms with E-state index in [1.807, 2.05) is 30.3 Å². The van der Waals surface area contributed by atoms with E-state index in [2.05, 4.69) is 10.1 Å². The number of halogens is 2. The summed E-state index contributed by atoms with van der Waals surface area (Å²) in [6, 6.07) is 13.4. The smallest absolute Gasteiger partial charge is 0.183 e. The van der Waals surface area contributed by atoms with Crippen LogP contribution in [0.15, 0.2) is 61.2 Å². The molecular formula is C22H23F2N3O3S. The van der Waals surface area contributed by atoms with Crippen molar-refractivity contribution in [3.8, 4) is 0 Å². The normalized spacial score (nSPS) is 22.1. The van der Waals surface area contributed by atoms with Gasteiger partial charge in [0.15, 0.2) is 17.9 Å². The first-order valence-electron chi connectivity index (χ1n) is 9.90. The van der Waals surface area contributed by atoms with Gasteiger partial charge in [0, 0.05) is 16.4 Å². The van der Waals surface area contributed by atoms with Crippen molar-refractivity contribution in [1.82, 2.24) is 14.8 Å². The Hall–Kier alpha value is -2.33. The first-order chi connectivity index (χ1) is 15.0. The Balaban J connectivity index is 1.50. The van der Waals surface area contributed by atoms with Gasteiger partial charge in [0.1, 0.15) is 18.3 Å². The highest BCUT2D eigenvalue weighted by Crippen LogP contribution is 2.39. The number of rotatable bonds is 7. The summed E-state index contributed by atoms with van der Waals surface area (Å²) in [6.07, 6.45) is 2.31. The molecule has 1 aliphatic rings. The van der Waals surface area contributed by atoms with Gasteiger partial charge in [-0.1, -0.05) is 49.4 Å². The molecule has 1 aromatic heterocycles. The van der Waals surface area contributed by atoms with Crippen LogP contribution < -0.4 is 0 Å². The van der Waals surface area contributed by atoms with Crippen LogP contribution in [0.5, 0.6) is 0 Å². The lowest BCUT2D eigenvalue weighted by molar-refractivity contribution is -0.180. The topological polar surface area (TPSA) is 69.4 Å². The Bertz CT molecular complexity index is 985. The summed E-state index contributed by atoms with van der Waals surface area (Å²) in [6.45, 7) is 2.50. The van der Waals surface area contributed by atoms with Crippen molar-refractivity contribution in [3.63, 3.8) is 0 Å². The van der Waals surface area contributed by atoms with Crippen LogP contribution >= 0.6 is 11.8 Å². The largest absolute Gasteiger partial charge is 0.382 e. The molecule has 0 spiro atoms. The monoisotopic (exact) mass is 447 g/mol. The summed E-state index contributed by atoms with van der Waals surface area (Å²) in [5, 5.41) is 15.0. The number of aliphatic hydroxyl groups is 1. The van der Waals surface area contributed by atoms with Gasteiger partial charge < -0.3 is 14.6 Å². The molecule has 9 heteroatoms. The van der Waals surface area contributed by atoms with Gasteiger partial charge in [0.25, 0.3) is 0 Å². The third kappa shape index (κ3) is 4.79. The summed E-state index contributed by atoms with van der Waals surface area (Å²) in [5.41, 5.74) is -0.924. The van der Waals surface area contributed by atoms with Crippen LogP contribution in [-0.4, -0.2) is 43.6 Å². The van der Waals surface area contributed by atoms with Gasteiger partial charge in [-0.25, -0.2) is 18.4 Å². The minimum Gasteiger partial charge on any atom is -0.382 e. The maximum Gasteiger partial charge on any atom is 0.183 e. The second kappa shape index (κ2) is 9.44. The van der Waals surface area contributed by atoms with Crippen molar-refractivity contribution in [1.29, 1.82) is 0 Å². The number of aromatic nitrogens is 3. The summed E-state index contributed by atoms with van der Waals surface area (Å²) >= 11 is 1.41. The minimum atomic E-state index is -1.74. The zero-order chi connectivity index (χ0) is 21.8. The van der Waals surface area contributed by atoms with Gasteiger partial charge in [-0.05, 0) is 6.07 Å². The molecule has 1 saturated heterocycles. The summed E-state index contributed by atoms with van der Waals surface area (Å²) < 4.78 is 41.7. The summed E-state index contributed by atoms with van der Waals surface area (Å²) in [5.74, 6) is -2.08. The van der Waals surface area contributed by atoms with E-state index in [1.54, 1.807) is 6.92 Å². The fourth-order valence-corrected chi connectivity index (χ4v) is 4.92. The molecule has 1 fully saturated rings. The van der Waals surface area contributed by atoms with E-state index in [-0.39, 0.29) is 17.4 Å². The van der Waals surface area contributed by atoms with Crippen molar-refractivity contribution in [2.75, 3.05) is 13.2 Å². The van der Waals surface area contributed by atoms with Gasteiger partial charge in [0.05, 0.1) is 25.0 Å². The van der Waals surface area contributed by atoms with Crippen LogP contribution in [0.25, 0.3) is 0 Å². The van der Waals surface area contributed by atoms with E-state index >= 15 is 0 Å². The molecule has 4 rings (SSSR count). The molecular weight excluding hydrogens is 424 g/mol.